The summed E-state index contributed by atoms with van der Waals surface area (Å²) in [6, 6.07) is 2.48. The third kappa shape index (κ3) is 3.08. The largest absolute Gasteiger partial charge is 0.475 e. The first-order valence-electron chi connectivity index (χ1n) is 6.11. The minimum absolute atomic E-state index is 0.0872. The van der Waals surface area contributed by atoms with E-state index in [1.54, 1.807) is 0 Å². The molecule has 1 aliphatic rings. The van der Waals surface area contributed by atoms with Crippen molar-refractivity contribution in [3.63, 3.8) is 0 Å². The van der Waals surface area contributed by atoms with Crippen LogP contribution in [0.3, 0.4) is 0 Å². The highest BCUT2D eigenvalue weighted by atomic mass is 16.4. The average molecular weight is 281 g/mol. The van der Waals surface area contributed by atoms with Gasteiger partial charge in [0, 0.05) is 13.1 Å². The van der Waals surface area contributed by atoms with Crippen LogP contribution in [0.2, 0.25) is 0 Å². The SMILES string of the molecule is NC(=O)C1CCN(C(=O)NCc2ccc(C(=O)O)o2)C1. The van der Waals surface area contributed by atoms with Crippen LogP contribution in [0.25, 0.3) is 0 Å². The molecule has 8 heteroatoms. The van der Waals surface area contributed by atoms with Crippen LogP contribution in [-0.2, 0) is 11.3 Å². The fourth-order valence-corrected chi connectivity index (χ4v) is 2.04. The predicted octanol–water partition coefficient (Wildman–Crippen LogP) is -0.00540. The predicted molar refractivity (Wildman–Crippen MR) is 66.8 cm³/mol. The molecule has 1 fully saturated rings. The Morgan fingerprint density at radius 3 is 2.75 bits per heavy atom. The smallest absolute Gasteiger partial charge is 0.371 e. The van der Waals surface area contributed by atoms with Crippen molar-refractivity contribution in [1.29, 1.82) is 0 Å². The number of hydrogen-bond acceptors (Lipinski definition) is 4. The van der Waals surface area contributed by atoms with Gasteiger partial charge in [-0.15, -0.1) is 0 Å². The lowest BCUT2D eigenvalue weighted by molar-refractivity contribution is -0.121. The Morgan fingerprint density at radius 2 is 2.20 bits per heavy atom. The summed E-state index contributed by atoms with van der Waals surface area (Å²) in [6.07, 6.45) is 0.562. The zero-order chi connectivity index (χ0) is 14.7. The number of nitrogens with zero attached hydrogens (tertiary/aromatic N) is 1. The molecule has 108 valence electrons. The van der Waals surface area contributed by atoms with E-state index in [1.165, 1.54) is 17.0 Å². The molecule has 1 aliphatic heterocycles. The topological polar surface area (TPSA) is 126 Å². The molecule has 1 aromatic rings. The summed E-state index contributed by atoms with van der Waals surface area (Å²) in [5.74, 6) is -1.70. The summed E-state index contributed by atoms with van der Waals surface area (Å²) in [5, 5.41) is 11.3. The minimum Gasteiger partial charge on any atom is -0.475 e. The molecule has 1 aromatic heterocycles. The van der Waals surface area contributed by atoms with Gasteiger partial charge in [-0.3, -0.25) is 4.79 Å². The van der Waals surface area contributed by atoms with Crippen molar-refractivity contribution in [2.75, 3.05) is 13.1 Å². The number of urea groups is 1. The molecule has 0 aromatic carbocycles. The third-order valence-corrected chi connectivity index (χ3v) is 3.16. The molecule has 2 rings (SSSR count). The van der Waals surface area contributed by atoms with Gasteiger partial charge in [0.15, 0.2) is 0 Å². The first kappa shape index (κ1) is 13.9. The van der Waals surface area contributed by atoms with Crippen LogP contribution in [0.1, 0.15) is 22.7 Å². The summed E-state index contributed by atoms with van der Waals surface area (Å²) in [6.45, 7) is 0.863. The van der Waals surface area contributed by atoms with Gasteiger partial charge in [0.2, 0.25) is 11.7 Å². The number of carboxylic acids is 1. The molecule has 1 unspecified atom stereocenters. The van der Waals surface area contributed by atoms with Crippen molar-refractivity contribution < 1.29 is 23.9 Å². The first-order chi connectivity index (χ1) is 9.47. The highest BCUT2D eigenvalue weighted by Crippen LogP contribution is 2.15. The zero-order valence-corrected chi connectivity index (χ0v) is 10.7. The Kier molecular flexibility index (Phi) is 3.92. The van der Waals surface area contributed by atoms with E-state index in [0.29, 0.717) is 25.3 Å². The van der Waals surface area contributed by atoms with Crippen LogP contribution in [0.15, 0.2) is 16.5 Å². The maximum atomic E-state index is 11.8. The maximum Gasteiger partial charge on any atom is 0.371 e. The molecule has 8 nitrogen and oxygen atoms in total. The highest BCUT2D eigenvalue weighted by Gasteiger charge is 2.29. The summed E-state index contributed by atoms with van der Waals surface area (Å²) >= 11 is 0. The van der Waals surface area contributed by atoms with Crippen LogP contribution >= 0.6 is 0 Å². The normalized spacial score (nSPS) is 18.0. The van der Waals surface area contributed by atoms with Crippen molar-refractivity contribution in [3.8, 4) is 0 Å². The van der Waals surface area contributed by atoms with E-state index in [4.69, 9.17) is 15.3 Å². The summed E-state index contributed by atoms with van der Waals surface area (Å²) in [5.41, 5.74) is 5.19. The number of aromatic carboxylic acids is 1. The van der Waals surface area contributed by atoms with Crippen molar-refractivity contribution >= 4 is 17.9 Å². The molecule has 20 heavy (non-hydrogen) atoms. The molecular weight excluding hydrogens is 266 g/mol. The zero-order valence-electron chi connectivity index (χ0n) is 10.7. The van der Waals surface area contributed by atoms with E-state index in [0.717, 1.165) is 0 Å². The Balaban J connectivity index is 1.83. The van der Waals surface area contributed by atoms with E-state index >= 15 is 0 Å². The number of nitrogens with one attached hydrogen (secondary N) is 1. The van der Waals surface area contributed by atoms with E-state index in [-0.39, 0.29) is 24.3 Å². The quantitative estimate of drug-likeness (QED) is 0.715. The van der Waals surface area contributed by atoms with Gasteiger partial charge in [0.1, 0.15) is 5.76 Å². The number of rotatable bonds is 4. The Morgan fingerprint density at radius 1 is 1.45 bits per heavy atom. The number of nitrogens with two attached hydrogens (primary N) is 1. The second kappa shape index (κ2) is 5.64. The molecular formula is C12H15N3O5. The number of carbonyl (C=O) groups is 3. The van der Waals surface area contributed by atoms with Crippen LogP contribution in [0.5, 0.6) is 0 Å². The Hall–Kier alpha value is -2.51. The number of likely N-dealkylation sites (tertiary alicyclic amines) is 1. The van der Waals surface area contributed by atoms with Crippen molar-refractivity contribution in [3.05, 3.63) is 23.7 Å². The second-order valence-electron chi connectivity index (χ2n) is 4.56. The van der Waals surface area contributed by atoms with E-state index < -0.39 is 11.9 Å². The number of hydrogen-bond donors (Lipinski definition) is 3. The van der Waals surface area contributed by atoms with Crippen LogP contribution < -0.4 is 11.1 Å². The molecule has 1 atom stereocenters. The second-order valence-corrected chi connectivity index (χ2v) is 4.56. The molecule has 0 spiro atoms. The van der Waals surface area contributed by atoms with Crippen LogP contribution in [0, 0.1) is 5.92 Å². The lowest BCUT2D eigenvalue weighted by atomic mass is 10.1. The summed E-state index contributed by atoms with van der Waals surface area (Å²) in [4.78, 5) is 35.0. The number of carboxylic acid groups (broad SMARTS) is 1. The third-order valence-electron chi connectivity index (χ3n) is 3.16. The lowest BCUT2D eigenvalue weighted by Crippen LogP contribution is -2.39. The first-order valence-corrected chi connectivity index (χ1v) is 6.11. The van der Waals surface area contributed by atoms with E-state index in [2.05, 4.69) is 5.32 Å². The van der Waals surface area contributed by atoms with E-state index in [9.17, 15) is 14.4 Å². The molecule has 0 radical (unpaired) electrons. The van der Waals surface area contributed by atoms with Crippen LogP contribution in [-0.4, -0.2) is 41.0 Å². The molecule has 4 N–H and O–H groups in total. The highest BCUT2D eigenvalue weighted by molar-refractivity contribution is 5.84. The monoisotopic (exact) mass is 281 g/mol. The maximum absolute atomic E-state index is 11.8. The molecule has 3 amide bonds. The van der Waals surface area contributed by atoms with Crippen LogP contribution in [0.4, 0.5) is 4.79 Å². The number of carbonyl (C=O) groups excluding carboxylic acids is 2. The molecule has 2 heterocycles. The summed E-state index contributed by atoms with van der Waals surface area (Å²) < 4.78 is 5.01. The van der Waals surface area contributed by atoms with Gasteiger partial charge in [-0.1, -0.05) is 0 Å². The lowest BCUT2D eigenvalue weighted by Gasteiger charge is -2.16. The Bertz CT molecular complexity index is 539. The van der Waals surface area contributed by atoms with Gasteiger partial charge in [0.25, 0.3) is 0 Å². The van der Waals surface area contributed by atoms with E-state index in [1.807, 2.05) is 0 Å². The van der Waals surface area contributed by atoms with Crippen molar-refractivity contribution in [2.45, 2.75) is 13.0 Å². The molecule has 0 saturated carbocycles. The number of primary amides is 1. The van der Waals surface area contributed by atoms with Gasteiger partial charge < -0.3 is 25.5 Å². The van der Waals surface area contributed by atoms with Gasteiger partial charge in [-0.2, -0.15) is 0 Å². The fourth-order valence-electron chi connectivity index (χ4n) is 2.04. The molecule has 1 saturated heterocycles. The van der Waals surface area contributed by atoms with Gasteiger partial charge in [0.05, 0.1) is 12.5 Å². The standard InChI is InChI=1S/C12H15N3O5/c13-10(16)7-3-4-15(6-7)12(19)14-5-8-1-2-9(20-8)11(17)18/h1-2,7H,3-6H2,(H2,13,16)(H,14,19)(H,17,18). The summed E-state index contributed by atoms with van der Waals surface area (Å²) in [7, 11) is 0. The van der Waals surface area contributed by atoms with Gasteiger partial charge in [-0.05, 0) is 18.6 Å². The van der Waals surface area contributed by atoms with Gasteiger partial charge in [-0.25, -0.2) is 9.59 Å². The van der Waals surface area contributed by atoms with Gasteiger partial charge >= 0.3 is 12.0 Å². The van der Waals surface area contributed by atoms with Crippen molar-refractivity contribution in [2.24, 2.45) is 11.7 Å². The Labute approximate surface area is 114 Å². The van der Waals surface area contributed by atoms with Crippen molar-refractivity contribution in [1.82, 2.24) is 10.2 Å². The molecule has 0 aliphatic carbocycles. The number of furan rings is 1. The molecule has 0 bridgehead atoms. The fraction of sp³-hybridized carbons (Fsp3) is 0.417. The minimum atomic E-state index is -1.16. The average Bonchev–Trinajstić information content (AvgIpc) is 3.05. The number of amides is 3.